The van der Waals surface area contributed by atoms with Crippen LogP contribution in [0.25, 0.3) is 0 Å². The topological polar surface area (TPSA) is 46.9 Å². The number of benzene rings is 1. The van der Waals surface area contributed by atoms with Gasteiger partial charge in [0, 0.05) is 5.69 Å². The second kappa shape index (κ2) is 7.34. The second-order valence-electron chi connectivity index (χ2n) is 6.20. The lowest BCUT2D eigenvalue weighted by molar-refractivity contribution is -0.364. The number of H-pyrrole nitrogens is 1. The number of ether oxygens (including phenoxy) is 1. The van der Waals surface area contributed by atoms with Crippen molar-refractivity contribution < 1.29 is 14.5 Å². The first kappa shape index (κ1) is 16.3. The van der Waals surface area contributed by atoms with Gasteiger partial charge in [-0.25, -0.2) is 9.78 Å². The van der Waals surface area contributed by atoms with Crippen LogP contribution in [0.1, 0.15) is 24.2 Å². The average molecular weight is 326 g/mol. The van der Waals surface area contributed by atoms with Crippen molar-refractivity contribution in [1.82, 2.24) is 0 Å². The van der Waals surface area contributed by atoms with Crippen LogP contribution in [-0.4, -0.2) is 38.3 Å². The molecule has 5 heteroatoms. The molecule has 1 fully saturated rings. The Kier molecular flexibility index (Phi) is 4.99. The van der Waals surface area contributed by atoms with Gasteiger partial charge in [0.1, 0.15) is 18.7 Å². The van der Waals surface area contributed by atoms with Crippen LogP contribution >= 0.6 is 0 Å². The fourth-order valence-corrected chi connectivity index (χ4v) is 2.96. The Labute approximate surface area is 142 Å². The molecule has 0 spiro atoms. The van der Waals surface area contributed by atoms with Crippen molar-refractivity contribution in [2.75, 3.05) is 36.0 Å². The highest BCUT2D eigenvalue weighted by atomic mass is 16.5. The zero-order valence-electron chi connectivity index (χ0n) is 14.2. The maximum atomic E-state index is 12.3. The molecule has 3 rings (SSSR count). The van der Waals surface area contributed by atoms with E-state index >= 15 is 0 Å². The van der Waals surface area contributed by atoms with Gasteiger partial charge in [-0.2, -0.15) is 0 Å². The van der Waals surface area contributed by atoms with Gasteiger partial charge in [-0.1, -0.05) is 18.2 Å². The minimum Gasteiger partial charge on any atom is -0.459 e. The van der Waals surface area contributed by atoms with Crippen LogP contribution in [0.5, 0.6) is 0 Å². The van der Waals surface area contributed by atoms with Gasteiger partial charge in [0.15, 0.2) is 0 Å². The van der Waals surface area contributed by atoms with E-state index in [0.717, 1.165) is 32.0 Å². The number of hydrogen-bond acceptors (Lipinski definition) is 4. The number of anilines is 2. The lowest BCUT2D eigenvalue weighted by Crippen LogP contribution is -2.48. The molecule has 0 amide bonds. The summed E-state index contributed by atoms with van der Waals surface area (Å²) in [6.07, 6.45) is 1.73. The van der Waals surface area contributed by atoms with E-state index in [-0.39, 0.29) is 12.1 Å². The normalized spacial score (nSPS) is 14.8. The zero-order valence-corrected chi connectivity index (χ0v) is 14.2. The van der Waals surface area contributed by atoms with E-state index in [4.69, 9.17) is 4.74 Å². The van der Waals surface area contributed by atoms with Crippen LogP contribution in [0.2, 0.25) is 0 Å². The Morgan fingerprint density at radius 2 is 1.67 bits per heavy atom. The molecule has 2 heterocycles. The molecule has 1 N–H and O–H groups in total. The summed E-state index contributed by atoms with van der Waals surface area (Å²) in [6.45, 7) is 7.29. The summed E-state index contributed by atoms with van der Waals surface area (Å²) in [5, 5.41) is 0. The molecule has 126 valence electrons. The zero-order chi connectivity index (χ0) is 16.9. The highest BCUT2D eigenvalue weighted by Crippen LogP contribution is 2.21. The van der Waals surface area contributed by atoms with Crippen LogP contribution in [-0.2, 0) is 4.74 Å². The Hall–Kier alpha value is -2.56. The van der Waals surface area contributed by atoms with E-state index in [1.165, 1.54) is 5.69 Å². The molecule has 1 aromatic heterocycles. The lowest BCUT2D eigenvalue weighted by Gasteiger charge is -2.32. The number of esters is 1. The highest BCUT2D eigenvalue weighted by Gasteiger charge is 2.29. The van der Waals surface area contributed by atoms with Crippen molar-refractivity contribution in [2.24, 2.45) is 0 Å². The number of piperazine rings is 1. The molecule has 0 aliphatic carbocycles. The van der Waals surface area contributed by atoms with Gasteiger partial charge in [0.05, 0.1) is 25.4 Å². The third-order valence-corrected chi connectivity index (χ3v) is 4.11. The first-order valence-electron chi connectivity index (χ1n) is 8.42. The molecule has 24 heavy (non-hydrogen) atoms. The molecular formula is C19H24N3O2+. The van der Waals surface area contributed by atoms with E-state index in [0.29, 0.717) is 5.56 Å². The SMILES string of the molecule is CC(C)OC(=O)c1ccc[nH+]c1N1CCN(c2ccccc2)CC1. The van der Waals surface area contributed by atoms with Crippen LogP contribution in [0.15, 0.2) is 48.7 Å². The van der Waals surface area contributed by atoms with E-state index < -0.39 is 0 Å². The average Bonchev–Trinajstić information content (AvgIpc) is 2.62. The largest absolute Gasteiger partial charge is 0.459 e. The number of hydrogen-bond donors (Lipinski definition) is 0. The fraction of sp³-hybridized carbons (Fsp3) is 0.368. The standard InChI is InChI=1S/C19H23N3O2/c1-15(2)24-19(23)17-9-6-10-20-18(17)22-13-11-21(12-14-22)16-7-4-3-5-8-16/h3-10,15H,11-14H2,1-2H3/p+1. The summed E-state index contributed by atoms with van der Waals surface area (Å²) in [5.41, 5.74) is 1.84. The molecule has 0 bridgehead atoms. The van der Waals surface area contributed by atoms with Crippen molar-refractivity contribution in [1.29, 1.82) is 0 Å². The minimum atomic E-state index is -0.276. The Morgan fingerprint density at radius 3 is 2.33 bits per heavy atom. The molecule has 1 saturated heterocycles. The van der Waals surface area contributed by atoms with Gasteiger partial charge in [0.2, 0.25) is 0 Å². The maximum Gasteiger partial charge on any atom is 0.346 e. The van der Waals surface area contributed by atoms with Gasteiger partial charge in [-0.3, -0.25) is 4.90 Å². The molecule has 5 nitrogen and oxygen atoms in total. The molecule has 0 saturated carbocycles. The van der Waals surface area contributed by atoms with Gasteiger partial charge in [0.25, 0.3) is 5.82 Å². The number of pyridine rings is 1. The Morgan fingerprint density at radius 1 is 1.00 bits per heavy atom. The highest BCUT2D eigenvalue weighted by molar-refractivity contribution is 5.94. The third-order valence-electron chi connectivity index (χ3n) is 4.11. The second-order valence-corrected chi connectivity index (χ2v) is 6.20. The van der Waals surface area contributed by atoms with Gasteiger partial charge in [-0.05, 0) is 38.1 Å². The van der Waals surface area contributed by atoms with Crippen LogP contribution in [0, 0.1) is 0 Å². The van der Waals surface area contributed by atoms with Gasteiger partial charge in [-0.15, -0.1) is 0 Å². The third kappa shape index (κ3) is 3.67. The van der Waals surface area contributed by atoms with E-state index in [1.807, 2.05) is 38.2 Å². The summed E-state index contributed by atoms with van der Waals surface area (Å²) in [4.78, 5) is 20.1. The van der Waals surface area contributed by atoms with Crippen LogP contribution < -0.4 is 14.8 Å². The summed E-state index contributed by atoms with van der Waals surface area (Å²) in [7, 11) is 0. The van der Waals surface area contributed by atoms with E-state index in [2.05, 4.69) is 39.0 Å². The maximum absolute atomic E-state index is 12.3. The van der Waals surface area contributed by atoms with Crippen molar-refractivity contribution in [3.05, 3.63) is 54.2 Å². The number of carbonyl (C=O) groups is 1. The molecular weight excluding hydrogens is 302 g/mol. The monoisotopic (exact) mass is 326 g/mol. The van der Waals surface area contributed by atoms with Crippen LogP contribution in [0.4, 0.5) is 11.5 Å². The number of rotatable bonds is 4. The Bertz CT molecular complexity index is 680. The predicted molar refractivity (Wildman–Crippen MR) is 94.4 cm³/mol. The van der Waals surface area contributed by atoms with Crippen LogP contribution in [0.3, 0.4) is 0 Å². The lowest BCUT2D eigenvalue weighted by atomic mass is 10.2. The molecule has 0 atom stereocenters. The summed E-state index contributed by atoms with van der Waals surface area (Å²) in [5.74, 6) is 0.568. The number of nitrogens with one attached hydrogen (secondary N) is 1. The van der Waals surface area contributed by atoms with E-state index in [9.17, 15) is 4.79 Å². The summed E-state index contributed by atoms with van der Waals surface area (Å²) in [6, 6.07) is 14.1. The molecule has 1 aromatic carbocycles. The molecule has 1 aliphatic heterocycles. The first-order chi connectivity index (χ1) is 11.6. The molecule has 1 aliphatic rings. The number of carbonyl (C=O) groups excluding carboxylic acids is 1. The van der Waals surface area contributed by atoms with Crippen molar-refractivity contribution in [3.8, 4) is 0 Å². The van der Waals surface area contributed by atoms with Gasteiger partial charge >= 0.3 is 5.97 Å². The number of aromatic amines is 1. The van der Waals surface area contributed by atoms with E-state index in [1.54, 1.807) is 0 Å². The van der Waals surface area contributed by atoms with Crippen molar-refractivity contribution in [3.63, 3.8) is 0 Å². The number of para-hydroxylation sites is 1. The number of nitrogens with zero attached hydrogens (tertiary/aromatic N) is 2. The smallest absolute Gasteiger partial charge is 0.346 e. The quantitative estimate of drug-likeness (QED) is 0.810. The summed E-state index contributed by atoms with van der Waals surface area (Å²) < 4.78 is 5.36. The number of aromatic nitrogens is 1. The fourth-order valence-electron chi connectivity index (χ4n) is 2.96. The Balaban J connectivity index is 1.72. The summed E-state index contributed by atoms with van der Waals surface area (Å²) >= 11 is 0. The first-order valence-corrected chi connectivity index (χ1v) is 8.42. The van der Waals surface area contributed by atoms with Crippen molar-refractivity contribution >= 4 is 17.5 Å². The predicted octanol–water partition coefficient (Wildman–Crippen LogP) is 2.39. The molecule has 0 unspecified atom stereocenters. The minimum absolute atomic E-state index is 0.125. The molecule has 2 aromatic rings. The molecule has 0 radical (unpaired) electrons. The van der Waals surface area contributed by atoms with Crippen molar-refractivity contribution in [2.45, 2.75) is 20.0 Å². The van der Waals surface area contributed by atoms with Gasteiger partial charge < -0.3 is 9.64 Å².